The molecule has 13 nitrogen and oxygen atoms in total. The third-order valence-electron chi connectivity index (χ3n) is 4.78. The number of hydrogen-bond acceptors (Lipinski definition) is 11. The molecule has 13 heteroatoms. The van der Waals surface area contributed by atoms with E-state index in [1.807, 2.05) is 0 Å². The lowest BCUT2D eigenvalue weighted by molar-refractivity contribution is -0.323. The van der Waals surface area contributed by atoms with Crippen LogP contribution in [0.25, 0.3) is 0 Å². The maximum absolute atomic E-state index is 11.5. The molecule has 0 saturated carbocycles. The number of hydrogen-bond donors (Lipinski definition) is 8. The average Bonchev–Trinajstić information content (AvgIpc) is 2.65. The molecule has 6 unspecified atom stereocenters. The number of aliphatic hydroxyl groups is 6. The summed E-state index contributed by atoms with van der Waals surface area (Å²) >= 11 is 0. The Morgan fingerprint density at radius 1 is 0.828 bits per heavy atom. The quantitative estimate of drug-likeness (QED) is 0.202. The first kappa shape index (κ1) is 23.9. The summed E-state index contributed by atoms with van der Waals surface area (Å²) in [6.45, 7) is 0.959. The third kappa shape index (κ3) is 5.39. The van der Waals surface area contributed by atoms with Crippen LogP contribution in [-0.4, -0.2) is 117 Å². The largest absolute Gasteiger partial charge is 0.394 e. The van der Waals surface area contributed by atoms with Crippen LogP contribution in [-0.2, 0) is 23.8 Å². The normalized spacial score (nSPS) is 42.9. The Kier molecular flexibility index (Phi) is 8.28. The lowest BCUT2D eigenvalue weighted by Gasteiger charge is -2.47. The molecule has 2 saturated heterocycles. The van der Waals surface area contributed by atoms with Crippen LogP contribution in [0.15, 0.2) is 0 Å². The van der Waals surface area contributed by atoms with Crippen molar-refractivity contribution in [2.75, 3.05) is 13.2 Å². The molecule has 2 rings (SSSR count). The summed E-state index contributed by atoms with van der Waals surface area (Å²) in [5, 5.41) is 64.5. The van der Waals surface area contributed by atoms with E-state index in [9.17, 15) is 40.2 Å². The fourth-order valence-electron chi connectivity index (χ4n) is 3.38. The predicted octanol–water partition coefficient (Wildman–Crippen LogP) is -5.11. The van der Waals surface area contributed by atoms with Gasteiger partial charge >= 0.3 is 0 Å². The van der Waals surface area contributed by atoms with Crippen LogP contribution < -0.4 is 10.6 Å². The topological polar surface area (TPSA) is 207 Å². The number of aliphatic hydroxyl groups excluding tert-OH is 6. The smallest absolute Gasteiger partial charge is 0.217 e. The first-order valence-corrected chi connectivity index (χ1v) is 9.05. The van der Waals surface area contributed by atoms with Gasteiger partial charge in [-0.3, -0.25) is 9.59 Å². The van der Waals surface area contributed by atoms with Crippen LogP contribution in [0.4, 0.5) is 0 Å². The van der Waals surface area contributed by atoms with E-state index in [0.717, 1.165) is 13.8 Å². The summed E-state index contributed by atoms with van der Waals surface area (Å²) in [4.78, 5) is 23.0. The van der Waals surface area contributed by atoms with Crippen molar-refractivity contribution < 1.29 is 54.4 Å². The Labute approximate surface area is 166 Å². The van der Waals surface area contributed by atoms with Gasteiger partial charge < -0.3 is 55.5 Å². The monoisotopic (exact) mass is 424 g/mol. The number of amides is 2. The highest BCUT2D eigenvalue weighted by Gasteiger charge is 2.51. The van der Waals surface area contributed by atoms with Crippen LogP contribution in [0.3, 0.4) is 0 Å². The molecule has 0 aromatic heterocycles. The lowest BCUT2D eigenvalue weighted by Crippen LogP contribution is -2.69. The van der Waals surface area contributed by atoms with E-state index in [-0.39, 0.29) is 0 Å². The van der Waals surface area contributed by atoms with Gasteiger partial charge in [-0.05, 0) is 0 Å². The number of carbonyl (C=O) groups excluding carboxylic acids is 2. The second-order valence-corrected chi connectivity index (χ2v) is 7.00. The maximum atomic E-state index is 11.5. The molecule has 0 radical (unpaired) electrons. The molecule has 2 aliphatic heterocycles. The summed E-state index contributed by atoms with van der Waals surface area (Å²) in [5.41, 5.74) is 0. The summed E-state index contributed by atoms with van der Waals surface area (Å²) in [5.74, 6) is -1.16. The lowest BCUT2D eigenvalue weighted by atomic mass is 9.94. The molecule has 2 heterocycles. The minimum absolute atomic E-state index is 0.576. The Balaban J connectivity index is 2.31. The second kappa shape index (κ2) is 10.1. The van der Waals surface area contributed by atoms with E-state index in [1.165, 1.54) is 0 Å². The van der Waals surface area contributed by atoms with Crippen molar-refractivity contribution in [3.8, 4) is 0 Å². The third-order valence-corrected chi connectivity index (χ3v) is 4.78. The fourth-order valence-corrected chi connectivity index (χ4v) is 3.38. The average molecular weight is 424 g/mol. The Morgan fingerprint density at radius 2 is 1.34 bits per heavy atom. The molecule has 8 N–H and O–H groups in total. The first-order valence-electron chi connectivity index (χ1n) is 9.05. The van der Waals surface area contributed by atoms with Crippen molar-refractivity contribution in [3.05, 3.63) is 0 Å². The number of carbonyl (C=O) groups is 2. The number of ether oxygens (including phenoxy) is 3. The summed E-state index contributed by atoms with van der Waals surface area (Å²) in [6, 6.07) is -2.59. The number of nitrogens with one attached hydrogen (secondary N) is 2. The van der Waals surface area contributed by atoms with Gasteiger partial charge in [0.05, 0.1) is 13.2 Å². The molecule has 0 aliphatic carbocycles. The van der Waals surface area contributed by atoms with Crippen molar-refractivity contribution in [1.82, 2.24) is 10.6 Å². The Bertz CT molecular complexity index is 579. The van der Waals surface area contributed by atoms with Gasteiger partial charge in [-0.25, -0.2) is 0 Å². The van der Waals surface area contributed by atoms with Crippen molar-refractivity contribution in [3.63, 3.8) is 0 Å². The van der Waals surface area contributed by atoms with Gasteiger partial charge in [0.15, 0.2) is 12.6 Å². The molecular formula is C16H28N2O11. The van der Waals surface area contributed by atoms with Crippen LogP contribution in [0.5, 0.6) is 0 Å². The zero-order valence-corrected chi connectivity index (χ0v) is 15.9. The zero-order chi connectivity index (χ0) is 21.9. The van der Waals surface area contributed by atoms with E-state index in [0.29, 0.717) is 0 Å². The molecule has 0 bridgehead atoms. The van der Waals surface area contributed by atoms with E-state index in [1.54, 1.807) is 0 Å². The van der Waals surface area contributed by atoms with E-state index < -0.39 is 86.3 Å². The van der Waals surface area contributed by atoms with Crippen LogP contribution in [0, 0.1) is 0 Å². The summed E-state index contributed by atoms with van der Waals surface area (Å²) in [6.07, 6.45) is -11.8. The van der Waals surface area contributed by atoms with Gasteiger partial charge in [-0.1, -0.05) is 0 Å². The van der Waals surface area contributed by atoms with Crippen LogP contribution >= 0.6 is 0 Å². The predicted molar refractivity (Wildman–Crippen MR) is 91.8 cm³/mol. The van der Waals surface area contributed by atoms with Crippen molar-refractivity contribution in [2.45, 2.75) is 75.1 Å². The molecule has 0 spiro atoms. The molecular weight excluding hydrogens is 396 g/mol. The maximum Gasteiger partial charge on any atom is 0.217 e. The minimum atomic E-state index is -1.66. The van der Waals surface area contributed by atoms with Crippen molar-refractivity contribution in [2.24, 2.45) is 0 Å². The zero-order valence-electron chi connectivity index (χ0n) is 15.9. The minimum Gasteiger partial charge on any atom is -0.394 e. The highest BCUT2D eigenvalue weighted by Crippen LogP contribution is 2.28. The van der Waals surface area contributed by atoms with Gasteiger partial charge in [0, 0.05) is 13.8 Å². The van der Waals surface area contributed by atoms with Crippen molar-refractivity contribution in [1.29, 1.82) is 0 Å². The summed E-state index contributed by atoms with van der Waals surface area (Å²) < 4.78 is 16.2. The standard InChI is InChI=1S/C16H28N2O11/c1-5(21)17-9-13(25)11(23)7(3-19)28-16(9)29-14-10(18-6(2)22)15(26)27-8(4-20)12(14)24/h7-16,19-20,23-26H,3-4H2,1-2H3,(H,17,21)(H,18,22)/t7?,8?,9?,10?,11-,12-,13?,14?,15+,16-/m0/s1. The molecule has 0 aromatic carbocycles. The molecule has 0 aromatic rings. The van der Waals surface area contributed by atoms with Gasteiger partial charge in [-0.2, -0.15) is 0 Å². The van der Waals surface area contributed by atoms with E-state index >= 15 is 0 Å². The molecule has 2 fully saturated rings. The highest BCUT2D eigenvalue weighted by molar-refractivity contribution is 5.73. The van der Waals surface area contributed by atoms with E-state index in [2.05, 4.69) is 10.6 Å². The van der Waals surface area contributed by atoms with Gasteiger partial charge in [0.25, 0.3) is 0 Å². The molecule has 10 atom stereocenters. The first-order chi connectivity index (χ1) is 13.6. The van der Waals surface area contributed by atoms with Gasteiger partial charge in [0.2, 0.25) is 11.8 Å². The molecule has 168 valence electrons. The van der Waals surface area contributed by atoms with Crippen LogP contribution in [0.2, 0.25) is 0 Å². The van der Waals surface area contributed by atoms with Gasteiger partial charge in [0.1, 0.15) is 48.7 Å². The SMILES string of the molecule is CC(=O)NC1C(O)[C@@H](O)C(CO)O[C@H]1OC1C(NC(C)=O)[C@H](O)OC(CO)[C@@H]1O. The Morgan fingerprint density at radius 3 is 1.86 bits per heavy atom. The van der Waals surface area contributed by atoms with Crippen molar-refractivity contribution >= 4 is 11.8 Å². The fraction of sp³-hybridized carbons (Fsp3) is 0.875. The highest BCUT2D eigenvalue weighted by atomic mass is 16.7. The van der Waals surface area contributed by atoms with E-state index in [4.69, 9.17) is 14.2 Å². The Hall–Kier alpha value is -1.42. The molecule has 29 heavy (non-hydrogen) atoms. The second-order valence-electron chi connectivity index (χ2n) is 7.00. The van der Waals surface area contributed by atoms with Crippen LogP contribution in [0.1, 0.15) is 13.8 Å². The summed E-state index contributed by atoms with van der Waals surface area (Å²) in [7, 11) is 0. The molecule has 2 aliphatic rings. The van der Waals surface area contributed by atoms with Gasteiger partial charge in [-0.15, -0.1) is 0 Å². The number of rotatable bonds is 6. The molecule has 2 amide bonds.